The molecule has 0 saturated carbocycles. The smallest absolute Gasteiger partial charge is 0.142 e. The van der Waals surface area contributed by atoms with E-state index in [2.05, 4.69) is 5.32 Å². The molecule has 1 aromatic rings. The van der Waals surface area contributed by atoms with Crippen molar-refractivity contribution in [3.63, 3.8) is 0 Å². The van der Waals surface area contributed by atoms with E-state index in [9.17, 15) is 4.39 Å². The largest absolute Gasteiger partial charge is 0.316 e. The Morgan fingerprint density at radius 1 is 1.59 bits per heavy atom. The average Bonchev–Trinajstić information content (AvgIpc) is 2.85. The minimum Gasteiger partial charge on any atom is -0.316 e. The molecule has 0 aromatic heterocycles. The van der Waals surface area contributed by atoms with Crippen LogP contribution in [0.25, 0.3) is 0 Å². The molecular weight excluding hydrogens is 257 g/mol. The lowest BCUT2D eigenvalue weighted by Gasteiger charge is -2.22. The first-order valence-electron chi connectivity index (χ1n) is 5.94. The summed E-state index contributed by atoms with van der Waals surface area (Å²) in [7, 11) is 1.97. The predicted octanol–water partition coefficient (Wildman–Crippen LogP) is 3.51. The summed E-state index contributed by atoms with van der Waals surface area (Å²) in [5.41, 5.74) is 0.901. The topological polar surface area (TPSA) is 12.0 Å². The van der Waals surface area contributed by atoms with Gasteiger partial charge in [0.25, 0.3) is 0 Å². The molecule has 1 fully saturated rings. The molecule has 1 saturated heterocycles. The summed E-state index contributed by atoms with van der Waals surface area (Å²) in [6.07, 6.45) is 3.32. The van der Waals surface area contributed by atoms with Gasteiger partial charge in [-0.05, 0) is 43.7 Å². The highest BCUT2D eigenvalue weighted by Crippen LogP contribution is 2.31. The van der Waals surface area contributed by atoms with Gasteiger partial charge in [-0.25, -0.2) is 4.39 Å². The zero-order chi connectivity index (χ0) is 12.3. The van der Waals surface area contributed by atoms with Gasteiger partial charge < -0.3 is 5.32 Å². The fourth-order valence-electron chi connectivity index (χ4n) is 2.28. The maximum atomic E-state index is 13.4. The third-order valence-electron chi connectivity index (χ3n) is 3.26. The van der Waals surface area contributed by atoms with E-state index in [1.165, 1.54) is 24.7 Å². The summed E-state index contributed by atoms with van der Waals surface area (Å²) >= 11 is 8.00. The second-order valence-corrected chi connectivity index (χ2v) is 6.09. The van der Waals surface area contributed by atoms with Crippen molar-refractivity contribution >= 4 is 23.4 Å². The van der Waals surface area contributed by atoms with Crippen LogP contribution in [0.1, 0.15) is 18.4 Å². The van der Waals surface area contributed by atoms with Crippen LogP contribution in [0.15, 0.2) is 18.2 Å². The fourth-order valence-corrected chi connectivity index (χ4v) is 3.92. The van der Waals surface area contributed by atoms with E-state index in [-0.39, 0.29) is 10.8 Å². The zero-order valence-electron chi connectivity index (χ0n) is 9.88. The summed E-state index contributed by atoms with van der Waals surface area (Å²) in [5, 5.41) is 4.24. The normalized spacial score (nSPS) is 21.7. The van der Waals surface area contributed by atoms with Crippen molar-refractivity contribution in [1.82, 2.24) is 5.32 Å². The van der Waals surface area contributed by atoms with Crippen molar-refractivity contribution < 1.29 is 4.39 Å². The minimum atomic E-state index is -0.321. The third kappa shape index (κ3) is 3.15. The Labute approximate surface area is 111 Å². The first-order valence-corrected chi connectivity index (χ1v) is 7.37. The highest BCUT2D eigenvalue weighted by molar-refractivity contribution is 8.00. The van der Waals surface area contributed by atoms with E-state index >= 15 is 0 Å². The van der Waals surface area contributed by atoms with E-state index in [0.29, 0.717) is 11.3 Å². The molecule has 2 atom stereocenters. The highest BCUT2D eigenvalue weighted by atomic mass is 35.5. The van der Waals surface area contributed by atoms with Gasteiger partial charge in [-0.2, -0.15) is 11.8 Å². The van der Waals surface area contributed by atoms with Gasteiger partial charge in [-0.3, -0.25) is 0 Å². The van der Waals surface area contributed by atoms with Gasteiger partial charge >= 0.3 is 0 Å². The number of halogens is 2. The van der Waals surface area contributed by atoms with Gasteiger partial charge in [0.1, 0.15) is 5.82 Å². The monoisotopic (exact) mass is 273 g/mol. The van der Waals surface area contributed by atoms with Crippen LogP contribution < -0.4 is 5.32 Å². The Bertz CT molecular complexity index is 380. The van der Waals surface area contributed by atoms with Crippen molar-refractivity contribution in [1.29, 1.82) is 0 Å². The standard InChI is InChI=1S/C13H17ClFNS/c1-16-11(12-6-3-7-17-12)8-9-4-2-5-10(15)13(9)14/h2,4-5,11-12,16H,3,6-8H2,1H3. The fraction of sp³-hybridized carbons (Fsp3) is 0.538. The Hall–Kier alpha value is -0.250. The van der Waals surface area contributed by atoms with Crippen molar-refractivity contribution in [2.75, 3.05) is 12.8 Å². The molecule has 1 aromatic carbocycles. The molecule has 0 spiro atoms. The number of nitrogens with one attached hydrogen (secondary N) is 1. The summed E-state index contributed by atoms with van der Waals surface area (Å²) in [6, 6.07) is 5.42. The molecule has 0 radical (unpaired) electrons. The van der Waals surface area contributed by atoms with Gasteiger partial charge in [0.2, 0.25) is 0 Å². The first-order chi connectivity index (χ1) is 8.22. The molecule has 1 heterocycles. The van der Waals surface area contributed by atoms with Crippen LogP contribution in [0.3, 0.4) is 0 Å². The molecule has 4 heteroatoms. The van der Waals surface area contributed by atoms with Crippen molar-refractivity contribution in [3.8, 4) is 0 Å². The molecule has 2 unspecified atom stereocenters. The molecule has 1 aliphatic rings. The molecule has 94 valence electrons. The summed E-state index contributed by atoms with van der Waals surface area (Å²) < 4.78 is 13.4. The van der Waals surface area contributed by atoms with Gasteiger partial charge in [-0.1, -0.05) is 23.7 Å². The van der Waals surface area contributed by atoms with Crippen molar-refractivity contribution in [3.05, 3.63) is 34.6 Å². The first kappa shape index (κ1) is 13.2. The Morgan fingerprint density at radius 3 is 3.06 bits per heavy atom. The Kier molecular flexibility index (Phi) is 4.71. The molecule has 1 aliphatic heterocycles. The lowest BCUT2D eigenvalue weighted by molar-refractivity contribution is 0.522. The van der Waals surface area contributed by atoms with Gasteiger partial charge in [0.05, 0.1) is 5.02 Å². The molecule has 0 bridgehead atoms. The summed E-state index contributed by atoms with van der Waals surface area (Å²) in [5.74, 6) is 0.915. The molecule has 0 amide bonds. The maximum Gasteiger partial charge on any atom is 0.142 e. The van der Waals surface area contributed by atoms with E-state index < -0.39 is 0 Å². The molecule has 1 N–H and O–H groups in total. The SMILES string of the molecule is CNC(Cc1cccc(F)c1Cl)C1CCCS1. The molecule has 1 nitrogen and oxygen atoms in total. The number of benzene rings is 1. The van der Waals surface area contributed by atoms with Crippen LogP contribution in [0, 0.1) is 5.82 Å². The van der Waals surface area contributed by atoms with Gasteiger partial charge in [0.15, 0.2) is 0 Å². The minimum absolute atomic E-state index is 0.274. The lowest BCUT2D eigenvalue weighted by Crippen LogP contribution is -2.36. The van der Waals surface area contributed by atoms with E-state index in [1.54, 1.807) is 6.07 Å². The number of rotatable bonds is 4. The Morgan fingerprint density at radius 2 is 2.41 bits per heavy atom. The molecular formula is C13H17ClFNS. The molecule has 17 heavy (non-hydrogen) atoms. The van der Waals surface area contributed by atoms with Gasteiger partial charge in [-0.15, -0.1) is 0 Å². The van der Waals surface area contributed by atoms with E-state index in [0.717, 1.165) is 12.0 Å². The summed E-state index contributed by atoms with van der Waals surface area (Å²) in [6.45, 7) is 0. The number of hydrogen-bond donors (Lipinski definition) is 1. The van der Waals surface area contributed by atoms with E-state index in [4.69, 9.17) is 11.6 Å². The van der Waals surface area contributed by atoms with Gasteiger partial charge in [0, 0.05) is 11.3 Å². The van der Waals surface area contributed by atoms with Crippen LogP contribution in [0.4, 0.5) is 4.39 Å². The number of hydrogen-bond acceptors (Lipinski definition) is 2. The Balaban J connectivity index is 2.09. The van der Waals surface area contributed by atoms with Crippen molar-refractivity contribution in [2.45, 2.75) is 30.6 Å². The van der Waals surface area contributed by atoms with Crippen LogP contribution in [0.5, 0.6) is 0 Å². The van der Waals surface area contributed by atoms with Crippen LogP contribution in [-0.4, -0.2) is 24.1 Å². The van der Waals surface area contributed by atoms with Crippen LogP contribution in [-0.2, 0) is 6.42 Å². The average molecular weight is 274 g/mol. The molecule has 0 aliphatic carbocycles. The number of likely N-dealkylation sites (N-methyl/N-ethyl adjacent to an activating group) is 1. The third-order valence-corrected chi connectivity index (χ3v) is 5.20. The van der Waals surface area contributed by atoms with E-state index in [1.807, 2.05) is 24.9 Å². The van der Waals surface area contributed by atoms with Crippen LogP contribution in [0.2, 0.25) is 5.02 Å². The molecule has 2 rings (SSSR count). The second-order valence-electron chi connectivity index (χ2n) is 4.36. The maximum absolute atomic E-state index is 13.4. The zero-order valence-corrected chi connectivity index (χ0v) is 11.5. The summed E-state index contributed by atoms with van der Waals surface area (Å²) in [4.78, 5) is 0. The highest BCUT2D eigenvalue weighted by Gasteiger charge is 2.25. The number of thioether (sulfide) groups is 1. The quantitative estimate of drug-likeness (QED) is 0.901. The predicted molar refractivity (Wildman–Crippen MR) is 73.4 cm³/mol. The van der Waals surface area contributed by atoms with Crippen molar-refractivity contribution in [2.24, 2.45) is 0 Å². The lowest BCUT2D eigenvalue weighted by atomic mass is 10.0. The second kappa shape index (κ2) is 6.07. The van der Waals surface area contributed by atoms with Crippen LogP contribution >= 0.6 is 23.4 Å².